The molecule has 0 atom stereocenters. The molecule has 1 aliphatic rings. The summed E-state index contributed by atoms with van der Waals surface area (Å²) >= 11 is 3.66. The number of nitrogens with zero attached hydrogens (tertiary/aromatic N) is 3. The van der Waals surface area contributed by atoms with Crippen molar-refractivity contribution in [3.63, 3.8) is 0 Å². The second kappa shape index (κ2) is 5.46. The molecule has 2 heterocycles. The van der Waals surface area contributed by atoms with E-state index >= 15 is 0 Å². The number of aromatic nitrogens is 2. The van der Waals surface area contributed by atoms with Crippen LogP contribution in [0.3, 0.4) is 0 Å². The molecule has 1 aromatic heterocycles. The number of hydrogen-bond acceptors (Lipinski definition) is 4. The standard InChI is InChI=1S/C14H17BrN4O/c1-18-14(16)9-12(17-18)10-2-3-13(11(15)8-10)19-4-6-20-7-5-19/h2-3,8-9H,4-7,16H2,1H3. The molecule has 0 aliphatic carbocycles. The molecule has 1 aliphatic heterocycles. The van der Waals surface area contributed by atoms with Crippen molar-refractivity contribution in [3.05, 3.63) is 28.7 Å². The van der Waals surface area contributed by atoms with E-state index in [9.17, 15) is 0 Å². The Kier molecular flexibility index (Phi) is 3.67. The number of morpholine rings is 1. The molecule has 6 heteroatoms. The summed E-state index contributed by atoms with van der Waals surface area (Å²) in [5.74, 6) is 0.661. The molecule has 3 rings (SSSR count). The van der Waals surface area contributed by atoms with Crippen LogP contribution in [0.2, 0.25) is 0 Å². The minimum absolute atomic E-state index is 0.661. The highest BCUT2D eigenvalue weighted by atomic mass is 79.9. The summed E-state index contributed by atoms with van der Waals surface area (Å²) in [4.78, 5) is 2.32. The highest BCUT2D eigenvalue weighted by Crippen LogP contribution is 2.31. The zero-order chi connectivity index (χ0) is 14.1. The Morgan fingerprint density at radius 1 is 1.25 bits per heavy atom. The summed E-state index contributed by atoms with van der Waals surface area (Å²) in [5, 5.41) is 4.40. The lowest BCUT2D eigenvalue weighted by Gasteiger charge is -2.29. The predicted molar refractivity (Wildman–Crippen MR) is 83.8 cm³/mol. The maximum absolute atomic E-state index is 5.83. The van der Waals surface area contributed by atoms with Gasteiger partial charge >= 0.3 is 0 Å². The van der Waals surface area contributed by atoms with E-state index < -0.39 is 0 Å². The number of rotatable bonds is 2. The fraction of sp³-hybridized carbons (Fsp3) is 0.357. The van der Waals surface area contributed by atoms with E-state index in [2.05, 4.69) is 44.1 Å². The predicted octanol–water partition coefficient (Wildman–Crippen LogP) is 2.27. The third-order valence-corrected chi connectivity index (χ3v) is 4.15. The number of nitrogens with two attached hydrogens (primary N) is 1. The molecule has 2 N–H and O–H groups in total. The molecule has 5 nitrogen and oxygen atoms in total. The summed E-state index contributed by atoms with van der Waals surface area (Å²) in [6.45, 7) is 3.42. The number of nitrogen functional groups attached to an aromatic ring is 1. The van der Waals surface area contributed by atoms with Crippen LogP contribution >= 0.6 is 15.9 Å². The van der Waals surface area contributed by atoms with Gasteiger partial charge < -0.3 is 15.4 Å². The molecule has 0 bridgehead atoms. The van der Waals surface area contributed by atoms with Crippen LogP contribution in [0, 0.1) is 0 Å². The molecule has 1 aromatic carbocycles. The fourth-order valence-electron chi connectivity index (χ4n) is 2.35. The molecule has 106 valence electrons. The molecule has 0 amide bonds. The van der Waals surface area contributed by atoms with Crippen molar-refractivity contribution in [3.8, 4) is 11.3 Å². The van der Waals surface area contributed by atoms with Crippen molar-refractivity contribution in [2.24, 2.45) is 7.05 Å². The van der Waals surface area contributed by atoms with Crippen molar-refractivity contribution < 1.29 is 4.74 Å². The van der Waals surface area contributed by atoms with Crippen molar-refractivity contribution in [2.75, 3.05) is 36.9 Å². The Bertz CT molecular complexity index is 600. The Labute approximate surface area is 126 Å². The number of benzene rings is 1. The fourth-order valence-corrected chi connectivity index (χ4v) is 2.98. The van der Waals surface area contributed by atoms with Crippen LogP contribution < -0.4 is 10.6 Å². The monoisotopic (exact) mass is 336 g/mol. The Morgan fingerprint density at radius 2 is 2.00 bits per heavy atom. The van der Waals surface area contributed by atoms with E-state index in [4.69, 9.17) is 10.5 Å². The number of halogens is 1. The molecule has 0 saturated carbocycles. The maximum atomic E-state index is 5.83. The first-order valence-electron chi connectivity index (χ1n) is 6.57. The van der Waals surface area contributed by atoms with Gasteiger partial charge in [-0.2, -0.15) is 5.10 Å². The third kappa shape index (κ3) is 2.53. The first kappa shape index (κ1) is 13.5. The van der Waals surface area contributed by atoms with Gasteiger partial charge in [-0.1, -0.05) is 6.07 Å². The lowest BCUT2D eigenvalue weighted by molar-refractivity contribution is 0.122. The zero-order valence-electron chi connectivity index (χ0n) is 11.3. The SMILES string of the molecule is Cn1nc(-c2ccc(N3CCOCC3)c(Br)c2)cc1N. The normalized spacial score (nSPS) is 15.6. The minimum Gasteiger partial charge on any atom is -0.384 e. The van der Waals surface area contributed by atoms with E-state index in [-0.39, 0.29) is 0 Å². The second-order valence-electron chi connectivity index (χ2n) is 4.84. The average molecular weight is 337 g/mol. The lowest BCUT2D eigenvalue weighted by atomic mass is 10.1. The number of hydrogen-bond donors (Lipinski definition) is 1. The molecule has 0 spiro atoms. The lowest BCUT2D eigenvalue weighted by Crippen LogP contribution is -2.36. The summed E-state index contributed by atoms with van der Waals surface area (Å²) in [6, 6.07) is 8.18. The number of anilines is 2. The van der Waals surface area contributed by atoms with Crippen LogP contribution in [0.5, 0.6) is 0 Å². The van der Waals surface area contributed by atoms with Gasteiger partial charge in [0, 0.05) is 36.2 Å². The first-order valence-corrected chi connectivity index (χ1v) is 7.36. The van der Waals surface area contributed by atoms with Crippen molar-refractivity contribution in [1.82, 2.24) is 9.78 Å². The first-order chi connectivity index (χ1) is 9.65. The van der Waals surface area contributed by atoms with Crippen LogP contribution in [0.15, 0.2) is 28.7 Å². The van der Waals surface area contributed by atoms with Gasteiger partial charge in [0.15, 0.2) is 0 Å². The summed E-state index contributed by atoms with van der Waals surface area (Å²) in [7, 11) is 1.84. The molecule has 0 unspecified atom stereocenters. The molecular weight excluding hydrogens is 320 g/mol. The van der Waals surface area contributed by atoms with Gasteiger partial charge in [0.2, 0.25) is 0 Å². The quantitative estimate of drug-likeness (QED) is 0.913. The molecular formula is C14H17BrN4O. The van der Waals surface area contributed by atoms with Gasteiger partial charge in [-0.05, 0) is 28.1 Å². The van der Waals surface area contributed by atoms with Gasteiger partial charge in [0.25, 0.3) is 0 Å². The van der Waals surface area contributed by atoms with Crippen LogP contribution in [0.1, 0.15) is 0 Å². The number of aryl methyl sites for hydroxylation is 1. The van der Waals surface area contributed by atoms with Gasteiger partial charge in [-0.25, -0.2) is 0 Å². The van der Waals surface area contributed by atoms with E-state index in [1.165, 1.54) is 5.69 Å². The summed E-state index contributed by atoms with van der Waals surface area (Å²) in [5.41, 5.74) is 8.97. The average Bonchev–Trinajstić information content (AvgIpc) is 2.79. The smallest absolute Gasteiger partial charge is 0.121 e. The van der Waals surface area contributed by atoms with E-state index in [0.29, 0.717) is 5.82 Å². The van der Waals surface area contributed by atoms with Crippen molar-refractivity contribution in [2.45, 2.75) is 0 Å². The van der Waals surface area contributed by atoms with Crippen molar-refractivity contribution >= 4 is 27.4 Å². The van der Waals surface area contributed by atoms with Gasteiger partial charge in [0.1, 0.15) is 5.82 Å². The topological polar surface area (TPSA) is 56.3 Å². The molecule has 1 fully saturated rings. The molecule has 0 radical (unpaired) electrons. The van der Waals surface area contributed by atoms with Crippen LogP contribution in [0.4, 0.5) is 11.5 Å². The largest absolute Gasteiger partial charge is 0.384 e. The maximum Gasteiger partial charge on any atom is 0.121 e. The third-order valence-electron chi connectivity index (χ3n) is 3.51. The Morgan fingerprint density at radius 3 is 2.60 bits per heavy atom. The molecule has 1 saturated heterocycles. The second-order valence-corrected chi connectivity index (χ2v) is 5.70. The highest BCUT2D eigenvalue weighted by Gasteiger charge is 2.15. The van der Waals surface area contributed by atoms with Gasteiger partial charge in [-0.15, -0.1) is 0 Å². The zero-order valence-corrected chi connectivity index (χ0v) is 12.9. The molecule has 20 heavy (non-hydrogen) atoms. The minimum atomic E-state index is 0.661. The van der Waals surface area contributed by atoms with Crippen molar-refractivity contribution in [1.29, 1.82) is 0 Å². The van der Waals surface area contributed by atoms with Gasteiger partial charge in [0.05, 0.1) is 24.6 Å². The van der Waals surface area contributed by atoms with Gasteiger partial charge in [-0.3, -0.25) is 4.68 Å². The van der Waals surface area contributed by atoms with E-state index in [1.54, 1.807) is 4.68 Å². The van der Waals surface area contributed by atoms with Crippen LogP contribution in [0.25, 0.3) is 11.3 Å². The number of ether oxygens (including phenoxy) is 1. The van der Waals surface area contributed by atoms with Crippen LogP contribution in [-0.2, 0) is 11.8 Å². The highest BCUT2D eigenvalue weighted by molar-refractivity contribution is 9.10. The Balaban J connectivity index is 1.90. The molecule has 2 aromatic rings. The Hall–Kier alpha value is -1.53. The van der Waals surface area contributed by atoms with E-state index in [0.717, 1.165) is 42.0 Å². The summed E-state index contributed by atoms with van der Waals surface area (Å²) in [6.07, 6.45) is 0. The van der Waals surface area contributed by atoms with E-state index in [1.807, 2.05) is 13.1 Å². The van der Waals surface area contributed by atoms with Crippen LogP contribution in [-0.4, -0.2) is 36.1 Å². The summed E-state index contributed by atoms with van der Waals surface area (Å²) < 4.78 is 8.14.